The number of hydrogen-bond acceptors (Lipinski definition) is 4. The van der Waals surface area contributed by atoms with Crippen molar-refractivity contribution in [2.75, 3.05) is 0 Å². The van der Waals surface area contributed by atoms with Gasteiger partial charge in [0.2, 0.25) is 0 Å². The monoisotopic (exact) mass is 285 g/mol. The van der Waals surface area contributed by atoms with Crippen LogP contribution in [0.15, 0.2) is 35.9 Å². The smallest absolute Gasteiger partial charge is 0.329 e. The lowest BCUT2D eigenvalue weighted by Crippen LogP contribution is -2.34. The number of hydrogen-bond donors (Lipinski definition) is 0. The fourth-order valence-electron chi connectivity index (χ4n) is 2.66. The van der Waals surface area contributed by atoms with Gasteiger partial charge in [0, 0.05) is 0 Å². The van der Waals surface area contributed by atoms with Crippen LogP contribution in [0.1, 0.15) is 46.9 Å². The van der Waals surface area contributed by atoms with E-state index in [1.807, 2.05) is 6.08 Å². The number of rotatable bonds is 3. The van der Waals surface area contributed by atoms with Crippen LogP contribution in [-0.4, -0.2) is 22.8 Å². The summed E-state index contributed by atoms with van der Waals surface area (Å²) in [6.07, 6.45) is 4.87. The van der Waals surface area contributed by atoms with E-state index < -0.39 is 23.7 Å². The summed E-state index contributed by atoms with van der Waals surface area (Å²) in [5.41, 5.74) is 1.54. The number of carbonyl (C=O) groups is 3. The molecule has 0 saturated heterocycles. The quantitative estimate of drug-likeness (QED) is 0.632. The Morgan fingerprint density at radius 3 is 2.33 bits per heavy atom. The molecule has 5 heteroatoms. The van der Waals surface area contributed by atoms with E-state index in [2.05, 4.69) is 0 Å². The standard InChI is InChI=1S/C16H15NO4/c1-10(11-6-2-3-7-11)16(20)21-17-14(18)12-8-4-5-9-13(12)15(17)19/h4-6,8-10H,2-3,7H2,1H3. The van der Waals surface area contributed by atoms with Crippen LogP contribution in [0.3, 0.4) is 0 Å². The van der Waals surface area contributed by atoms with Gasteiger partial charge >= 0.3 is 5.97 Å². The number of benzene rings is 1. The Bertz CT molecular complexity index is 627. The minimum Gasteiger partial charge on any atom is -0.329 e. The molecule has 0 N–H and O–H groups in total. The lowest BCUT2D eigenvalue weighted by atomic mass is 10.0. The highest BCUT2D eigenvalue weighted by Gasteiger charge is 2.39. The molecular formula is C16H15NO4. The van der Waals surface area contributed by atoms with E-state index in [0.717, 1.165) is 24.8 Å². The third-order valence-electron chi connectivity index (χ3n) is 3.92. The van der Waals surface area contributed by atoms with Gasteiger partial charge < -0.3 is 4.84 Å². The van der Waals surface area contributed by atoms with Crippen molar-refractivity contribution in [3.05, 3.63) is 47.0 Å². The van der Waals surface area contributed by atoms with Crippen molar-refractivity contribution in [3.8, 4) is 0 Å². The van der Waals surface area contributed by atoms with Gasteiger partial charge in [-0.15, -0.1) is 0 Å². The van der Waals surface area contributed by atoms with Crippen LogP contribution in [-0.2, 0) is 9.63 Å². The molecule has 0 radical (unpaired) electrons. The molecule has 2 amide bonds. The number of amides is 2. The van der Waals surface area contributed by atoms with Gasteiger partial charge in [0.1, 0.15) is 0 Å². The van der Waals surface area contributed by atoms with Gasteiger partial charge in [-0.3, -0.25) is 9.59 Å². The number of imide groups is 1. The molecule has 21 heavy (non-hydrogen) atoms. The Balaban J connectivity index is 1.76. The number of carbonyl (C=O) groups excluding carboxylic acids is 3. The summed E-state index contributed by atoms with van der Waals surface area (Å²) in [5.74, 6) is -2.18. The van der Waals surface area contributed by atoms with Gasteiger partial charge in [0.25, 0.3) is 11.8 Å². The second-order valence-electron chi connectivity index (χ2n) is 5.25. The van der Waals surface area contributed by atoms with Crippen molar-refractivity contribution in [1.82, 2.24) is 5.06 Å². The third-order valence-corrected chi connectivity index (χ3v) is 3.92. The summed E-state index contributed by atoms with van der Waals surface area (Å²) in [6.45, 7) is 1.73. The average molecular weight is 285 g/mol. The molecule has 1 aliphatic carbocycles. The molecular weight excluding hydrogens is 270 g/mol. The fraction of sp³-hybridized carbons (Fsp3) is 0.312. The summed E-state index contributed by atoms with van der Waals surface area (Å²) in [4.78, 5) is 41.4. The van der Waals surface area contributed by atoms with Crippen LogP contribution in [0, 0.1) is 5.92 Å². The fourth-order valence-corrected chi connectivity index (χ4v) is 2.66. The SMILES string of the molecule is CC(C(=O)ON1C(=O)c2ccccc2C1=O)C1=CCCC1. The average Bonchev–Trinajstić information content (AvgIpc) is 3.11. The molecule has 0 bridgehead atoms. The Hall–Kier alpha value is -2.43. The normalized spacial score (nSPS) is 18.5. The summed E-state index contributed by atoms with van der Waals surface area (Å²) >= 11 is 0. The maximum absolute atomic E-state index is 12.1. The summed E-state index contributed by atoms with van der Waals surface area (Å²) < 4.78 is 0. The van der Waals surface area contributed by atoms with Crippen molar-refractivity contribution in [1.29, 1.82) is 0 Å². The van der Waals surface area contributed by atoms with E-state index in [9.17, 15) is 14.4 Å². The highest BCUT2D eigenvalue weighted by molar-refractivity contribution is 6.20. The minimum absolute atomic E-state index is 0.267. The Kier molecular flexibility index (Phi) is 3.33. The molecule has 108 valence electrons. The highest BCUT2D eigenvalue weighted by Crippen LogP contribution is 2.28. The van der Waals surface area contributed by atoms with Crippen molar-refractivity contribution < 1.29 is 19.2 Å². The Morgan fingerprint density at radius 2 is 1.81 bits per heavy atom. The van der Waals surface area contributed by atoms with E-state index in [1.54, 1.807) is 31.2 Å². The lowest BCUT2D eigenvalue weighted by molar-refractivity contribution is -0.171. The number of allylic oxidation sites excluding steroid dienone is 1. The van der Waals surface area contributed by atoms with E-state index >= 15 is 0 Å². The first-order valence-electron chi connectivity index (χ1n) is 6.98. The van der Waals surface area contributed by atoms with Crippen molar-refractivity contribution >= 4 is 17.8 Å². The number of nitrogens with zero attached hydrogens (tertiary/aromatic N) is 1. The van der Waals surface area contributed by atoms with Crippen molar-refractivity contribution in [2.45, 2.75) is 26.2 Å². The zero-order valence-corrected chi connectivity index (χ0v) is 11.7. The zero-order valence-electron chi connectivity index (χ0n) is 11.7. The van der Waals surface area contributed by atoms with Gasteiger partial charge in [0.15, 0.2) is 0 Å². The van der Waals surface area contributed by atoms with Gasteiger partial charge in [-0.1, -0.05) is 28.8 Å². The predicted molar refractivity (Wildman–Crippen MR) is 74.1 cm³/mol. The molecule has 0 fully saturated rings. The van der Waals surface area contributed by atoms with Crippen LogP contribution in [0.4, 0.5) is 0 Å². The number of hydroxylamine groups is 2. The Labute approximate surface area is 122 Å². The second-order valence-corrected chi connectivity index (χ2v) is 5.25. The molecule has 1 aliphatic heterocycles. The molecule has 0 spiro atoms. The lowest BCUT2D eigenvalue weighted by Gasteiger charge is -2.17. The van der Waals surface area contributed by atoms with E-state index in [-0.39, 0.29) is 11.1 Å². The largest absolute Gasteiger partial charge is 0.340 e. The van der Waals surface area contributed by atoms with Crippen molar-refractivity contribution in [3.63, 3.8) is 0 Å². The second kappa shape index (κ2) is 5.16. The molecule has 1 heterocycles. The topological polar surface area (TPSA) is 63.7 Å². The molecule has 5 nitrogen and oxygen atoms in total. The summed E-state index contributed by atoms with van der Waals surface area (Å²) in [6, 6.07) is 6.43. The molecule has 1 atom stereocenters. The number of fused-ring (bicyclic) bond motifs is 1. The van der Waals surface area contributed by atoms with Crippen LogP contribution >= 0.6 is 0 Å². The van der Waals surface area contributed by atoms with Gasteiger partial charge in [-0.25, -0.2) is 4.79 Å². The van der Waals surface area contributed by atoms with E-state index in [0.29, 0.717) is 5.06 Å². The minimum atomic E-state index is -0.587. The predicted octanol–water partition coefficient (Wildman–Crippen LogP) is 2.49. The molecule has 1 aromatic rings. The van der Waals surface area contributed by atoms with Crippen LogP contribution in [0.5, 0.6) is 0 Å². The molecule has 0 saturated carbocycles. The van der Waals surface area contributed by atoms with Gasteiger partial charge in [0.05, 0.1) is 17.0 Å². The van der Waals surface area contributed by atoms with Crippen LogP contribution in [0.25, 0.3) is 0 Å². The highest BCUT2D eigenvalue weighted by atomic mass is 16.7. The molecule has 0 aromatic heterocycles. The van der Waals surface area contributed by atoms with Gasteiger partial charge in [-0.05, 0) is 38.3 Å². The van der Waals surface area contributed by atoms with E-state index in [1.165, 1.54) is 0 Å². The first-order valence-corrected chi connectivity index (χ1v) is 6.98. The van der Waals surface area contributed by atoms with E-state index in [4.69, 9.17) is 4.84 Å². The van der Waals surface area contributed by atoms with Crippen LogP contribution < -0.4 is 0 Å². The molecule has 1 unspecified atom stereocenters. The summed E-state index contributed by atoms with van der Waals surface area (Å²) in [5, 5.41) is 0.568. The maximum atomic E-state index is 12.1. The maximum Gasteiger partial charge on any atom is 0.340 e. The third kappa shape index (κ3) is 2.24. The molecule has 1 aromatic carbocycles. The zero-order chi connectivity index (χ0) is 15.0. The first kappa shape index (κ1) is 13.5. The molecule has 3 rings (SSSR count). The van der Waals surface area contributed by atoms with Crippen molar-refractivity contribution in [2.24, 2.45) is 5.92 Å². The molecule has 2 aliphatic rings. The summed E-state index contributed by atoms with van der Waals surface area (Å²) in [7, 11) is 0. The first-order chi connectivity index (χ1) is 10.1. The Morgan fingerprint density at radius 1 is 1.19 bits per heavy atom. The van der Waals surface area contributed by atoms with Gasteiger partial charge in [-0.2, -0.15) is 0 Å². The van der Waals surface area contributed by atoms with Crippen LogP contribution in [0.2, 0.25) is 0 Å².